The molecule has 0 fully saturated rings. The second kappa shape index (κ2) is 6.65. The Morgan fingerprint density at radius 1 is 0.840 bits per heavy atom. The molecule has 25 heavy (non-hydrogen) atoms. The van der Waals surface area contributed by atoms with Crippen LogP contribution in [0.3, 0.4) is 0 Å². The van der Waals surface area contributed by atoms with Crippen molar-refractivity contribution in [3.05, 3.63) is 82.1 Å². The van der Waals surface area contributed by atoms with Crippen LogP contribution in [-0.2, 0) is 19.3 Å². The Morgan fingerprint density at radius 2 is 1.56 bits per heavy atom. The Morgan fingerprint density at radius 3 is 2.28 bits per heavy atom. The summed E-state index contributed by atoms with van der Waals surface area (Å²) in [5.74, 6) is -0.174. The first kappa shape index (κ1) is 16.4. The van der Waals surface area contributed by atoms with Crippen LogP contribution in [0.2, 0.25) is 5.02 Å². The van der Waals surface area contributed by atoms with Crippen molar-refractivity contribution < 1.29 is 4.39 Å². The van der Waals surface area contributed by atoms with Crippen LogP contribution in [0, 0.1) is 5.82 Å². The lowest BCUT2D eigenvalue weighted by atomic mass is 9.83. The van der Waals surface area contributed by atoms with Crippen LogP contribution >= 0.6 is 11.6 Å². The normalized spacial score (nSPS) is 12.6. The van der Waals surface area contributed by atoms with Crippen LogP contribution in [0.5, 0.6) is 0 Å². The van der Waals surface area contributed by atoms with Crippen LogP contribution in [0.4, 0.5) is 4.39 Å². The summed E-state index contributed by atoms with van der Waals surface area (Å²) in [5, 5.41) is 0.666. The third-order valence-corrected chi connectivity index (χ3v) is 5.26. The smallest absolute Gasteiger partial charge is 0.131 e. The number of halogens is 2. The highest BCUT2D eigenvalue weighted by Crippen LogP contribution is 2.38. The minimum atomic E-state index is -0.174. The van der Waals surface area contributed by atoms with Crippen molar-refractivity contribution in [2.75, 3.05) is 0 Å². The van der Waals surface area contributed by atoms with Gasteiger partial charge in [0.25, 0.3) is 0 Å². The van der Waals surface area contributed by atoms with Crippen molar-refractivity contribution in [2.24, 2.45) is 0 Å². The molecule has 0 aromatic heterocycles. The third-order valence-electron chi connectivity index (χ3n) is 5.01. The summed E-state index contributed by atoms with van der Waals surface area (Å²) in [7, 11) is 0. The molecule has 0 heterocycles. The highest BCUT2D eigenvalue weighted by Gasteiger charge is 2.19. The average Bonchev–Trinajstić information content (AvgIpc) is 2.62. The summed E-state index contributed by atoms with van der Waals surface area (Å²) in [5.41, 5.74) is 7.69. The number of aryl methyl sites for hydroxylation is 3. The van der Waals surface area contributed by atoms with E-state index in [2.05, 4.69) is 25.1 Å². The standard InChI is InChI=1S/C23H20ClF/c1-2-3-15-4-11-20-17(12-15)5-6-18-13-22(23(25)14-21(18)20)16-7-9-19(24)10-8-16/h4,7-14H,2-3,5-6H2,1H3. The Bertz CT molecular complexity index is 926. The molecule has 1 aliphatic carbocycles. The molecule has 0 bridgehead atoms. The van der Waals surface area contributed by atoms with Crippen molar-refractivity contribution in [1.29, 1.82) is 0 Å². The predicted molar refractivity (Wildman–Crippen MR) is 104 cm³/mol. The average molecular weight is 351 g/mol. The first-order valence-corrected chi connectivity index (χ1v) is 9.24. The number of hydrogen-bond donors (Lipinski definition) is 0. The Kier molecular flexibility index (Phi) is 4.35. The van der Waals surface area contributed by atoms with E-state index in [0.29, 0.717) is 10.6 Å². The van der Waals surface area contributed by atoms with E-state index in [1.54, 1.807) is 18.2 Å². The fourth-order valence-electron chi connectivity index (χ4n) is 3.76. The molecule has 0 saturated carbocycles. The maximum absolute atomic E-state index is 14.8. The van der Waals surface area contributed by atoms with Gasteiger partial charge in [-0.25, -0.2) is 4.39 Å². The SMILES string of the molecule is CCCc1ccc2c(c1)CCc1cc(-c3ccc(Cl)cc3)c(F)cc1-2. The molecule has 0 amide bonds. The zero-order valence-electron chi connectivity index (χ0n) is 14.3. The summed E-state index contributed by atoms with van der Waals surface area (Å²) in [6.45, 7) is 2.20. The topological polar surface area (TPSA) is 0 Å². The fourth-order valence-corrected chi connectivity index (χ4v) is 3.88. The van der Waals surface area contributed by atoms with Gasteiger partial charge in [0.15, 0.2) is 0 Å². The van der Waals surface area contributed by atoms with Crippen molar-refractivity contribution in [3.8, 4) is 22.3 Å². The molecule has 0 aliphatic heterocycles. The summed E-state index contributed by atoms with van der Waals surface area (Å²) in [4.78, 5) is 0. The molecule has 0 atom stereocenters. The van der Waals surface area contributed by atoms with E-state index in [-0.39, 0.29) is 5.82 Å². The molecule has 0 saturated heterocycles. The molecular formula is C23H20ClF. The van der Waals surface area contributed by atoms with Crippen LogP contribution in [0.15, 0.2) is 54.6 Å². The summed E-state index contributed by atoms with van der Waals surface area (Å²) in [6.07, 6.45) is 4.23. The minimum Gasteiger partial charge on any atom is -0.206 e. The maximum atomic E-state index is 14.8. The summed E-state index contributed by atoms with van der Waals surface area (Å²) >= 11 is 5.95. The molecule has 4 rings (SSSR count). The summed E-state index contributed by atoms with van der Waals surface area (Å²) < 4.78 is 14.8. The van der Waals surface area contributed by atoms with Gasteiger partial charge in [-0.05, 0) is 76.9 Å². The molecule has 0 N–H and O–H groups in total. The van der Waals surface area contributed by atoms with Crippen LogP contribution < -0.4 is 0 Å². The second-order valence-electron chi connectivity index (χ2n) is 6.74. The van der Waals surface area contributed by atoms with Gasteiger partial charge in [-0.3, -0.25) is 0 Å². The van der Waals surface area contributed by atoms with Crippen LogP contribution in [-0.4, -0.2) is 0 Å². The van der Waals surface area contributed by atoms with Crippen LogP contribution in [0.1, 0.15) is 30.0 Å². The predicted octanol–water partition coefficient (Wildman–Crippen LogP) is 6.86. The first-order chi connectivity index (χ1) is 12.2. The van der Waals surface area contributed by atoms with Crippen molar-refractivity contribution in [1.82, 2.24) is 0 Å². The lowest BCUT2D eigenvalue weighted by molar-refractivity contribution is 0.630. The quantitative estimate of drug-likeness (QED) is 0.483. The van der Waals surface area contributed by atoms with Gasteiger partial charge in [0.05, 0.1) is 0 Å². The first-order valence-electron chi connectivity index (χ1n) is 8.86. The molecule has 0 unspecified atom stereocenters. The van der Waals surface area contributed by atoms with E-state index in [0.717, 1.165) is 36.8 Å². The van der Waals surface area contributed by atoms with E-state index >= 15 is 0 Å². The van der Waals surface area contributed by atoms with E-state index in [4.69, 9.17) is 11.6 Å². The minimum absolute atomic E-state index is 0.174. The molecule has 0 radical (unpaired) electrons. The Labute approximate surface area is 153 Å². The van der Waals surface area contributed by atoms with Crippen molar-refractivity contribution in [3.63, 3.8) is 0 Å². The van der Waals surface area contributed by atoms with Gasteiger partial charge in [0.1, 0.15) is 5.82 Å². The van der Waals surface area contributed by atoms with Crippen molar-refractivity contribution >= 4 is 11.6 Å². The molecule has 126 valence electrons. The number of rotatable bonds is 3. The third kappa shape index (κ3) is 3.09. The largest absolute Gasteiger partial charge is 0.206 e. The monoisotopic (exact) mass is 350 g/mol. The number of benzene rings is 3. The number of fused-ring (bicyclic) bond motifs is 3. The molecule has 0 spiro atoms. The number of hydrogen-bond acceptors (Lipinski definition) is 0. The zero-order chi connectivity index (χ0) is 17.4. The highest BCUT2D eigenvalue weighted by molar-refractivity contribution is 6.30. The highest BCUT2D eigenvalue weighted by atomic mass is 35.5. The second-order valence-corrected chi connectivity index (χ2v) is 7.17. The van der Waals surface area contributed by atoms with E-state index < -0.39 is 0 Å². The molecule has 2 heteroatoms. The molecule has 3 aromatic carbocycles. The van der Waals surface area contributed by atoms with Gasteiger partial charge >= 0.3 is 0 Å². The maximum Gasteiger partial charge on any atom is 0.131 e. The Hall–Kier alpha value is -2.12. The van der Waals surface area contributed by atoms with Gasteiger partial charge in [-0.2, -0.15) is 0 Å². The van der Waals surface area contributed by atoms with E-state index in [9.17, 15) is 4.39 Å². The molecular weight excluding hydrogens is 331 g/mol. The van der Waals surface area contributed by atoms with Crippen LogP contribution in [0.25, 0.3) is 22.3 Å². The van der Waals surface area contributed by atoms with Gasteiger partial charge in [-0.15, -0.1) is 0 Å². The molecule has 3 aromatic rings. The van der Waals surface area contributed by atoms with Gasteiger partial charge in [-0.1, -0.05) is 55.3 Å². The Balaban J connectivity index is 1.79. The zero-order valence-corrected chi connectivity index (χ0v) is 15.0. The lowest BCUT2D eigenvalue weighted by Crippen LogP contribution is -2.06. The van der Waals surface area contributed by atoms with Gasteiger partial charge in [0, 0.05) is 10.6 Å². The summed E-state index contributed by atoms with van der Waals surface area (Å²) in [6, 6.07) is 17.7. The fraction of sp³-hybridized carbons (Fsp3) is 0.217. The van der Waals surface area contributed by atoms with Crippen molar-refractivity contribution in [2.45, 2.75) is 32.6 Å². The van der Waals surface area contributed by atoms with E-state index in [1.807, 2.05) is 18.2 Å². The molecule has 1 aliphatic rings. The lowest BCUT2D eigenvalue weighted by Gasteiger charge is -2.22. The van der Waals surface area contributed by atoms with E-state index in [1.165, 1.54) is 22.3 Å². The van der Waals surface area contributed by atoms with Gasteiger partial charge < -0.3 is 0 Å². The van der Waals surface area contributed by atoms with Gasteiger partial charge in [0.2, 0.25) is 0 Å². The molecule has 0 nitrogen and oxygen atoms in total.